The first-order valence-corrected chi connectivity index (χ1v) is 4.12. The molecule has 0 aliphatic carbocycles. The van der Waals surface area contributed by atoms with E-state index in [4.69, 9.17) is 0 Å². The normalized spacial score (nSPS) is 10.0. The number of rotatable bonds is 2. The van der Waals surface area contributed by atoms with E-state index in [1.165, 1.54) is 6.07 Å². The summed E-state index contributed by atoms with van der Waals surface area (Å²) in [6.07, 6.45) is 1.74. The molecule has 1 aromatic carbocycles. The number of H-pyrrole nitrogens is 1. The van der Waals surface area contributed by atoms with Crippen LogP contribution in [0.2, 0.25) is 0 Å². The molecule has 2 rings (SSSR count). The van der Waals surface area contributed by atoms with E-state index in [2.05, 4.69) is 10.2 Å². The number of hydrogen-bond acceptors (Lipinski definition) is 3. The summed E-state index contributed by atoms with van der Waals surface area (Å²) in [6.45, 7) is 0. The van der Waals surface area contributed by atoms with Crippen LogP contribution in [0.1, 0.15) is 0 Å². The van der Waals surface area contributed by atoms with Crippen molar-refractivity contribution in [2.24, 2.45) is 5.18 Å². The Morgan fingerprint density at radius 3 is 2.71 bits per heavy atom. The van der Waals surface area contributed by atoms with Crippen molar-refractivity contribution in [3.8, 4) is 17.0 Å². The van der Waals surface area contributed by atoms with Crippen LogP contribution < -0.4 is 0 Å². The Morgan fingerprint density at radius 1 is 1.21 bits per heavy atom. The third-order valence-corrected chi connectivity index (χ3v) is 1.99. The minimum Gasteiger partial charge on any atom is -0.506 e. The Hall–Kier alpha value is -2.10. The molecule has 0 saturated heterocycles. The van der Waals surface area contributed by atoms with Crippen LogP contribution in [0.4, 0.5) is 5.69 Å². The highest BCUT2D eigenvalue weighted by molar-refractivity contribution is 5.77. The smallest absolute Gasteiger partial charge is 0.158 e. The van der Waals surface area contributed by atoms with Gasteiger partial charge in [0.2, 0.25) is 0 Å². The Balaban J connectivity index is 2.64. The topological polar surface area (TPSA) is 65.4 Å². The number of aromatic amines is 1. The zero-order chi connectivity index (χ0) is 9.97. The van der Waals surface area contributed by atoms with Crippen LogP contribution in [-0.4, -0.2) is 10.1 Å². The molecule has 0 unspecified atom stereocenters. The Kier molecular flexibility index (Phi) is 2.02. The van der Waals surface area contributed by atoms with E-state index in [1.54, 1.807) is 18.3 Å². The van der Waals surface area contributed by atoms with Crippen molar-refractivity contribution >= 4 is 5.69 Å². The third kappa shape index (κ3) is 1.26. The molecule has 0 bridgehead atoms. The van der Waals surface area contributed by atoms with Crippen LogP contribution in [-0.2, 0) is 0 Å². The van der Waals surface area contributed by atoms with Crippen LogP contribution in [0, 0.1) is 4.91 Å². The second-order valence-corrected chi connectivity index (χ2v) is 2.85. The highest BCUT2D eigenvalue weighted by atomic mass is 16.3. The molecule has 0 radical (unpaired) electrons. The quantitative estimate of drug-likeness (QED) is 0.711. The van der Waals surface area contributed by atoms with Gasteiger partial charge in [0.25, 0.3) is 0 Å². The van der Waals surface area contributed by atoms with E-state index in [1.807, 2.05) is 12.1 Å². The first kappa shape index (κ1) is 8.50. The van der Waals surface area contributed by atoms with Crippen LogP contribution in [0.3, 0.4) is 0 Å². The van der Waals surface area contributed by atoms with Gasteiger partial charge in [-0.1, -0.05) is 12.1 Å². The first-order valence-electron chi connectivity index (χ1n) is 4.12. The van der Waals surface area contributed by atoms with Crippen molar-refractivity contribution in [3.63, 3.8) is 0 Å². The molecule has 0 aliphatic heterocycles. The highest BCUT2D eigenvalue weighted by Crippen LogP contribution is 2.36. The lowest BCUT2D eigenvalue weighted by Gasteiger charge is -2.02. The molecule has 0 fully saturated rings. The van der Waals surface area contributed by atoms with E-state index in [9.17, 15) is 10.0 Å². The van der Waals surface area contributed by atoms with Crippen LogP contribution >= 0.6 is 0 Å². The van der Waals surface area contributed by atoms with Gasteiger partial charge in [0, 0.05) is 17.5 Å². The van der Waals surface area contributed by atoms with Crippen molar-refractivity contribution in [1.29, 1.82) is 0 Å². The number of nitrogens with zero attached hydrogens (tertiary/aromatic N) is 1. The van der Waals surface area contributed by atoms with E-state index in [0.717, 1.165) is 5.69 Å². The minimum atomic E-state index is -0.105. The van der Waals surface area contributed by atoms with Gasteiger partial charge in [0.05, 0.1) is 0 Å². The zero-order valence-electron chi connectivity index (χ0n) is 7.27. The molecule has 2 N–H and O–H groups in total. The number of phenols is 1. The maximum absolute atomic E-state index is 10.5. The molecule has 14 heavy (non-hydrogen) atoms. The first-order chi connectivity index (χ1) is 6.83. The summed E-state index contributed by atoms with van der Waals surface area (Å²) in [5.41, 5.74) is 1.43. The highest BCUT2D eigenvalue weighted by Gasteiger charge is 2.09. The molecule has 0 amide bonds. The lowest BCUT2D eigenvalue weighted by molar-refractivity contribution is 0.477. The monoisotopic (exact) mass is 188 g/mol. The second-order valence-electron chi connectivity index (χ2n) is 2.85. The van der Waals surface area contributed by atoms with Crippen molar-refractivity contribution in [3.05, 3.63) is 41.4 Å². The number of aromatic hydroxyl groups is 1. The number of phenolic OH excluding ortho intramolecular Hbond substituents is 1. The number of aromatic nitrogens is 1. The van der Waals surface area contributed by atoms with Gasteiger partial charge >= 0.3 is 0 Å². The number of benzene rings is 1. The lowest BCUT2D eigenvalue weighted by atomic mass is 10.1. The van der Waals surface area contributed by atoms with Gasteiger partial charge in [-0.3, -0.25) is 0 Å². The maximum Gasteiger partial charge on any atom is 0.158 e. The number of hydrogen-bond donors (Lipinski definition) is 2. The maximum atomic E-state index is 10.5. The number of nitroso groups, excluding NO2 is 1. The van der Waals surface area contributed by atoms with E-state index in [0.29, 0.717) is 5.56 Å². The summed E-state index contributed by atoms with van der Waals surface area (Å²) in [6, 6.07) is 8.45. The molecule has 4 heteroatoms. The van der Waals surface area contributed by atoms with Gasteiger partial charge in [-0.2, -0.15) is 0 Å². The fraction of sp³-hybridized carbons (Fsp3) is 0. The Bertz CT molecular complexity index is 449. The molecule has 2 aromatic rings. The third-order valence-electron chi connectivity index (χ3n) is 1.99. The van der Waals surface area contributed by atoms with Crippen molar-refractivity contribution < 1.29 is 5.11 Å². The molecule has 70 valence electrons. The summed E-state index contributed by atoms with van der Waals surface area (Å²) >= 11 is 0. The average Bonchev–Trinajstić information content (AvgIpc) is 2.70. The molecule has 0 saturated carbocycles. The van der Waals surface area contributed by atoms with Crippen LogP contribution in [0.5, 0.6) is 5.75 Å². The molecule has 0 spiro atoms. The molecular weight excluding hydrogens is 180 g/mol. The van der Waals surface area contributed by atoms with Gasteiger partial charge in [-0.15, -0.1) is 4.91 Å². The van der Waals surface area contributed by atoms with E-state index in [-0.39, 0.29) is 11.4 Å². The SMILES string of the molecule is O=Nc1c(O)cccc1-c1ccc[nH]1. The summed E-state index contributed by atoms with van der Waals surface area (Å²) in [5, 5.41) is 12.2. The molecule has 0 aliphatic rings. The zero-order valence-corrected chi connectivity index (χ0v) is 7.27. The average molecular weight is 188 g/mol. The van der Waals surface area contributed by atoms with E-state index < -0.39 is 0 Å². The second kappa shape index (κ2) is 3.33. The molecule has 0 atom stereocenters. The largest absolute Gasteiger partial charge is 0.506 e. The number of nitrogens with one attached hydrogen (secondary N) is 1. The Morgan fingerprint density at radius 2 is 2.07 bits per heavy atom. The van der Waals surface area contributed by atoms with Crippen molar-refractivity contribution in [2.75, 3.05) is 0 Å². The summed E-state index contributed by atoms with van der Waals surface area (Å²) in [4.78, 5) is 13.5. The van der Waals surface area contributed by atoms with Gasteiger partial charge in [0.15, 0.2) is 5.69 Å². The van der Waals surface area contributed by atoms with E-state index >= 15 is 0 Å². The minimum absolute atomic E-state index is 0.0648. The Labute approximate surface area is 80.2 Å². The van der Waals surface area contributed by atoms with Crippen molar-refractivity contribution in [1.82, 2.24) is 4.98 Å². The molecule has 4 nitrogen and oxygen atoms in total. The molecular formula is C10H8N2O2. The predicted molar refractivity (Wildman–Crippen MR) is 53.3 cm³/mol. The van der Waals surface area contributed by atoms with Gasteiger partial charge < -0.3 is 10.1 Å². The van der Waals surface area contributed by atoms with Crippen LogP contribution in [0.15, 0.2) is 41.7 Å². The predicted octanol–water partition coefficient (Wildman–Crippen LogP) is 2.79. The van der Waals surface area contributed by atoms with Gasteiger partial charge in [-0.05, 0) is 23.4 Å². The van der Waals surface area contributed by atoms with Crippen LogP contribution in [0.25, 0.3) is 11.3 Å². The fourth-order valence-electron chi connectivity index (χ4n) is 1.34. The standard InChI is InChI=1S/C10H8N2O2/c13-9-5-1-3-7(10(9)12-14)8-4-2-6-11-8/h1-6,11,13H. The fourth-order valence-corrected chi connectivity index (χ4v) is 1.34. The summed E-state index contributed by atoms with van der Waals surface area (Å²) < 4.78 is 0. The molecule has 1 aromatic heterocycles. The summed E-state index contributed by atoms with van der Waals surface area (Å²) in [7, 11) is 0. The lowest BCUT2D eigenvalue weighted by Crippen LogP contribution is -1.78. The molecule has 1 heterocycles. The summed E-state index contributed by atoms with van der Waals surface area (Å²) in [5.74, 6) is -0.105. The van der Waals surface area contributed by atoms with Crippen molar-refractivity contribution in [2.45, 2.75) is 0 Å². The van der Waals surface area contributed by atoms with Gasteiger partial charge in [-0.25, -0.2) is 0 Å². The van der Waals surface area contributed by atoms with Gasteiger partial charge in [0.1, 0.15) is 5.75 Å².